The molecule has 0 aliphatic carbocycles. The van der Waals surface area contributed by atoms with Gasteiger partial charge in [0.25, 0.3) is 0 Å². The Labute approximate surface area is 77.6 Å². The molecule has 0 amide bonds. The number of aryl methyl sites for hydroxylation is 1. The molecule has 0 saturated carbocycles. The molecule has 13 heavy (non-hydrogen) atoms. The van der Waals surface area contributed by atoms with E-state index in [-0.39, 0.29) is 5.75 Å². The minimum atomic E-state index is -3.20. The van der Waals surface area contributed by atoms with Gasteiger partial charge in [-0.1, -0.05) is 6.92 Å². The molecule has 0 radical (unpaired) electrons. The van der Waals surface area contributed by atoms with Crippen LogP contribution < -0.4 is 4.72 Å². The van der Waals surface area contributed by atoms with Crippen molar-refractivity contribution in [2.24, 2.45) is 0 Å². The monoisotopic (exact) mass is 203 g/mol. The lowest BCUT2D eigenvalue weighted by Crippen LogP contribution is -2.16. The van der Waals surface area contributed by atoms with Gasteiger partial charge in [0.2, 0.25) is 10.0 Å². The molecule has 0 aromatic carbocycles. The number of nitrogens with one attached hydrogen (secondary N) is 2. The summed E-state index contributed by atoms with van der Waals surface area (Å²) in [4.78, 5) is 0. The largest absolute Gasteiger partial charge is 0.281 e. The van der Waals surface area contributed by atoms with Crippen LogP contribution in [0.1, 0.15) is 19.0 Å². The Bertz CT molecular complexity index is 369. The quantitative estimate of drug-likeness (QED) is 0.762. The van der Waals surface area contributed by atoms with Gasteiger partial charge in [-0.15, -0.1) is 0 Å². The molecule has 0 saturated heterocycles. The maximum absolute atomic E-state index is 11.2. The molecule has 2 N–H and O–H groups in total. The Morgan fingerprint density at radius 2 is 2.31 bits per heavy atom. The number of aromatic nitrogens is 2. The van der Waals surface area contributed by atoms with Crippen molar-refractivity contribution in [1.29, 1.82) is 0 Å². The number of sulfonamides is 1. The fourth-order valence-electron chi connectivity index (χ4n) is 0.949. The standard InChI is InChI=1S/C7H13N3O2S/c1-3-4-13(11,12)10-7-5-6(2)8-9-7/h5H,3-4H2,1-2H3,(H2,8,9,10). The predicted molar refractivity (Wildman–Crippen MR) is 51.0 cm³/mol. The van der Waals surface area contributed by atoms with E-state index in [1.165, 1.54) is 0 Å². The second kappa shape index (κ2) is 3.78. The van der Waals surface area contributed by atoms with Crippen LogP contribution >= 0.6 is 0 Å². The van der Waals surface area contributed by atoms with E-state index in [9.17, 15) is 8.42 Å². The maximum atomic E-state index is 11.2. The average Bonchev–Trinajstić information content (AvgIpc) is 2.34. The number of hydrogen-bond donors (Lipinski definition) is 2. The predicted octanol–water partition coefficient (Wildman–Crippen LogP) is 0.870. The van der Waals surface area contributed by atoms with Crippen LogP contribution in [-0.2, 0) is 10.0 Å². The SMILES string of the molecule is CCCS(=O)(=O)Nc1cc(C)[nH]n1. The van der Waals surface area contributed by atoms with E-state index < -0.39 is 10.0 Å². The van der Waals surface area contributed by atoms with E-state index in [0.717, 1.165) is 5.69 Å². The molecule has 1 aromatic heterocycles. The molecule has 0 spiro atoms. The van der Waals surface area contributed by atoms with Gasteiger partial charge in [0, 0.05) is 11.8 Å². The van der Waals surface area contributed by atoms with E-state index >= 15 is 0 Å². The third kappa shape index (κ3) is 3.06. The van der Waals surface area contributed by atoms with Crippen LogP contribution in [0.25, 0.3) is 0 Å². The zero-order valence-corrected chi connectivity index (χ0v) is 8.48. The smallest absolute Gasteiger partial charge is 0.233 e. The Balaban J connectivity index is 2.69. The zero-order chi connectivity index (χ0) is 9.90. The molecule has 0 aliphatic heterocycles. The van der Waals surface area contributed by atoms with Gasteiger partial charge in [0.05, 0.1) is 5.75 Å². The first-order chi connectivity index (χ1) is 6.03. The first-order valence-electron chi connectivity index (χ1n) is 4.06. The molecule has 0 bridgehead atoms. The average molecular weight is 203 g/mol. The van der Waals surface area contributed by atoms with Crippen molar-refractivity contribution >= 4 is 15.8 Å². The van der Waals surface area contributed by atoms with Crippen LogP contribution in [0.4, 0.5) is 5.82 Å². The van der Waals surface area contributed by atoms with Crippen LogP contribution in [-0.4, -0.2) is 24.4 Å². The van der Waals surface area contributed by atoms with Crippen molar-refractivity contribution in [2.45, 2.75) is 20.3 Å². The molecular formula is C7H13N3O2S. The lowest BCUT2D eigenvalue weighted by molar-refractivity contribution is 0.599. The molecule has 74 valence electrons. The summed E-state index contributed by atoms with van der Waals surface area (Å²) in [5, 5.41) is 6.42. The molecular weight excluding hydrogens is 190 g/mol. The molecule has 0 unspecified atom stereocenters. The van der Waals surface area contributed by atoms with Gasteiger partial charge in [-0.05, 0) is 13.3 Å². The van der Waals surface area contributed by atoms with E-state index in [2.05, 4.69) is 14.9 Å². The van der Waals surface area contributed by atoms with Gasteiger partial charge < -0.3 is 0 Å². The van der Waals surface area contributed by atoms with Crippen LogP contribution in [0.5, 0.6) is 0 Å². The maximum Gasteiger partial charge on any atom is 0.233 e. The first-order valence-corrected chi connectivity index (χ1v) is 5.71. The Kier molecular flexibility index (Phi) is 2.92. The second-order valence-electron chi connectivity index (χ2n) is 2.86. The minimum Gasteiger partial charge on any atom is -0.281 e. The zero-order valence-electron chi connectivity index (χ0n) is 7.66. The van der Waals surface area contributed by atoms with Gasteiger partial charge in [-0.25, -0.2) is 8.42 Å². The van der Waals surface area contributed by atoms with E-state index in [0.29, 0.717) is 12.2 Å². The van der Waals surface area contributed by atoms with Crippen molar-refractivity contribution < 1.29 is 8.42 Å². The topological polar surface area (TPSA) is 74.8 Å². The van der Waals surface area contributed by atoms with Crippen LogP contribution in [0.15, 0.2) is 6.07 Å². The summed E-state index contributed by atoms with van der Waals surface area (Å²) in [5.41, 5.74) is 0.828. The second-order valence-corrected chi connectivity index (χ2v) is 4.70. The van der Waals surface area contributed by atoms with Crippen molar-refractivity contribution in [2.75, 3.05) is 10.5 Å². The van der Waals surface area contributed by atoms with Crippen molar-refractivity contribution in [3.8, 4) is 0 Å². The fourth-order valence-corrected chi connectivity index (χ4v) is 2.01. The number of hydrogen-bond acceptors (Lipinski definition) is 3. The highest BCUT2D eigenvalue weighted by Gasteiger charge is 2.09. The summed E-state index contributed by atoms with van der Waals surface area (Å²) < 4.78 is 24.9. The molecule has 1 aromatic rings. The third-order valence-electron chi connectivity index (χ3n) is 1.44. The van der Waals surface area contributed by atoms with Gasteiger partial charge in [0.1, 0.15) is 0 Å². The minimum absolute atomic E-state index is 0.124. The van der Waals surface area contributed by atoms with Crippen LogP contribution in [0.3, 0.4) is 0 Å². The highest BCUT2D eigenvalue weighted by Crippen LogP contribution is 2.06. The molecule has 0 fully saturated rings. The first kappa shape index (κ1) is 10.0. The number of anilines is 1. The van der Waals surface area contributed by atoms with Gasteiger partial charge in [-0.3, -0.25) is 9.82 Å². The van der Waals surface area contributed by atoms with E-state index in [1.807, 2.05) is 13.8 Å². The van der Waals surface area contributed by atoms with Crippen LogP contribution in [0.2, 0.25) is 0 Å². The summed E-state index contributed by atoms with van der Waals surface area (Å²) in [7, 11) is -3.20. The highest BCUT2D eigenvalue weighted by molar-refractivity contribution is 7.92. The summed E-state index contributed by atoms with van der Waals surface area (Å²) in [6.07, 6.45) is 0.596. The summed E-state index contributed by atoms with van der Waals surface area (Å²) >= 11 is 0. The summed E-state index contributed by atoms with van der Waals surface area (Å²) in [6.45, 7) is 3.62. The third-order valence-corrected chi connectivity index (χ3v) is 2.90. The van der Waals surface area contributed by atoms with Crippen molar-refractivity contribution in [3.63, 3.8) is 0 Å². The lowest BCUT2D eigenvalue weighted by Gasteiger charge is -2.01. The van der Waals surface area contributed by atoms with Crippen molar-refractivity contribution in [3.05, 3.63) is 11.8 Å². The normalized spacial score (nSPS) is 11.5. The van der Waals surface area contributed by atoms with Gasteiger partial charge in [0.15, 0.2) is 5.82 Å². The fraction of sp³-hybridized carbons (Fsp3) is 0.571. The summed E-state index contributed by atoms with van der Waals surface area (Å²) in [5.74, 6) is 0.477. The van der Waals surface area contributed by atoms with Crippen molar-refractivity contribution in [1.82, 2.24) is 10.2 Å². The molecule has 1 heterocycles. The Morgan fingerprint density at radius 3 is 2.77 bits per heavy atom. The lowest BCUT2D eigenvalue weighted by atomic mass is 10.5. The van der Waals surface area contributed by atoms with E-state index in [4.69, 9.17) is 0 Å². The van der Waals surface area contributed by atoms with Gasteiger partial charge >= 0.3 is 0 Å². The number of H-pyrrole nitrogens is 1. The van der Waals surface area contributed by atoms with Gasteiger partial charge in [-0.2, -0.15) is 5.10 Å². The van der Waals surface area contributed by atoms with Crippen LogP contribution in [0, 0.1) is 6.92 Å². The summed E-state index contributed by atoms with van der Waals surface area (Å²) in [6, 6.07) is 1.65. The number of nitrogens with zero attached hydrogens (tertiary/aromatic N) is 1. The Hall–Kier alpha value is -1.04. The van der Waals surface area contributed by atoms with E-state index in [1.54, 1.807) is 6.07 Å². The number of rotatable bonds is 4. The molecule has 6 heteroatoms. The highest BCUT2D eigenvalue weighted by atomic mass is 32.2. The molecule has 0 atom stereocenters. The Morgan fingerprint density at radius 1 is 1.62 bits per heavy atom. The molecule has 1 rings (SSSR count). The number of aromatic amines is 1. The molecule has 0 aliphatic rings. The molecule has 5 nitrogen and oxygen atoms in total.